The van der Waals surface area contributed by atoms with Gasteiger partial charge in [0.1, 0.15) is 0 Å². The predicted molar refractivity (Wildman–Crippen MR) is 96.1 cm³/mol. The summed E-state index contributed by atoms with van der Waals surface area (Å²) in [5, 5.41) is 0.691. The first-order valence-corrected chi connectivity index (χ1v) is 8.27. The molecule has 5 heteroatoms. The van der Waals surface area contributed by atoms with Gasteiger partial charge in [0, 0.05) is 5.56 Å². The highest BCUT2D eigenvalue weighted by Gasteiger charge is 2.11. The minimum Gasteiger partial charge on any atom is -0.273 e. The van der Waals surface area contributed by atoms with Gasteiger partial charge in [-0.1, -0.05) is 41.2 Å². The zero-order valence-corrected chi connectivity index (χ0v) is 14.5. The molecular weight excluding hydrogens is 306 g/mol. The van der Waals surface area contributed by atoms with E-state index in [2.05, 4.69) is 34.9 Å². The summed E-state index contributed by atoms with van der Waals surface area (Å²) in [5.41, 5.74) is 11.7. The molecule has 0 aliphatic rings. The number of amides is 1. The SMILES string of the molecule is Cc1ccc(C)c(C(=O)NNc2nc3c(C)ccc(C)c3s2)c1. The van der Waals surface area contributed by atoms with Gasteiger partial charge in [-0.15, -0.1) is 0 Å². The monoisotopic (exact) mass is 325 g/mol. The quantitative estimate of drug-likeness (QED) is 0.706. The van der Waals surface area contributed by atoms with Crippen LogP contribution in [0.4, 0.5) is 5.13 Å². The number of carbonyl (C=O) groups is 1. The fraction of sp³-hybridized carbons (Fsp3) is 0.222. The Morgan fingerprint density at radius 1 is 1.00 bits per heavy atom. The van der Waals surface area contributed by atoms with Crippen LogP contribution in [-0.2, 0) is 0 Å². The summed E-state index contributed by atoms with van der Waals surface area (Å²) >= 11 is 1.55. The Morgan fingerprint density at radius 3 is 2.43 bits per heavy atom. The first-order chi connectivity index (χ1) is 11.0. The third-order valence-corrected chi connectivity index (χ3v) is 4.97. The maximum Gasteiger partial charge on any atom is 0.269 e. The second-order valence-corrected chi connectivity index (χ2v) is 6.79. The molecule has 0 fully saturated rings. The average Bonchev–Trinajstić information content (AvgIpc) is 2.96. The molecule has 0 saturated carbocycles. The normalized spacial score (nSPS) is 10.8. The zero-order chi connectivity index (χ0) is 16.6. The lowest BCUT2D eigenvalue weighted by Crippen LogP contribution is -2.29. The third kappa shape index (κ3) is 3.05. The topological polar surface area (TPSA) is 54.0 Å². The number of thiazole rings is 1. The number of rotatable bonds is 3. The molecule has 0 radical (unpaired) electrons. The molecule has 23 heavy (non-hydrogen) atoms. The minimum absolute atomic E-state index is 0.154. The van der Waals surface area contributed by atoms with Crippen molar-refractivity contribution in [3.05, 3.63) is 58.1 Å². The van der Waals surface area contributed by atoms with Crippen LogP contribution in [0.5, 0.6) is 0 Å². The summed E-state index contributed by atoms with van der Waals surface area (Å²) in [7, 11) is 0. The molecule has 3 rings (SSSR count). The first-order valence-electron chi connectivity index (χ1n) is 7.46. The van der Waals surface area contributed by atoms with Crippen molar-refractivity contribution in [3.63, 3.8) is 0 Å². The second kappa shape index (κ2) is 6.01. The van der Waals surface area contributed by atoms with E-state index in [4.69, 9.17) is 0 Å². The molecule has 3 aromatic rings. The molecule has 0 saturated heterocycles. The number of hydrogen-bond acceptors (Lipinski definition) is 4. The molecule has 1 heterocycles. The molecule has 2 aromatic carbocycles. The Hall–Kier alpha value is -2.40. The smallest absolute Gasteiger partial charge is 0.269 e. The van der Waals surface area contributed by atoms with Crippen LogP contribution in [0.15, 0.2) is 30.3 Å². The van der Waals surface area contributed by atoms with Crippen LogP contribution >= 0.6 is 11.3 Å². The van der Waals surface area contributed by atoms with Gasteiger partial charge in [-0.25, -0.2) is 4.98 Å². The summed E-state index contributed by atoms with van der Waals surface area (Å²) in [5.74, 6) is -0.154. The number of aromatic nitrogens is 1. The number of hydrogen-bond donors (Lipinski definition) is 2. The lowest BCUT2D eigenvalue weighted by atomic mass is 10.1. The van der Waals surface area contributed by atoms with Gasteiger partial charge in [0.2, 0.25) is 5.13 Å². The summed E-state index contributed by atoms with van der Waals surface area (Å²) in [6.45, 7) is 8.01. The number of hydrazine groups is 1. The van der Waals surface area contributed by atoms with Gasteiger partial charge in [0.15, 0.2) is 0 Å². The molecule has 0 spiro atoms. The highest BCUT2D eigenvalue weighted by atomic mass is 32.1. The maximum absolute atomic E-state index is 12.3. The molecule has 1 amide bonds. The van der Waals surface area contributed by atoms with E-state index in [0.29, 0.717) is 10.7 Å². The van der Waals surface area contributed by atoms with Crippen LogP contribution in [0.3, 0.4) is 0 Å². The van der Waals surface area contributed by atoms with Crippen LogP contribution < -0.4 is 10.9 Å². The van der Waals surface area contributed by atoms with E-state index in [0.717, 1.165) is 26.9 Å². The number of fused-ring (bicyclic) bond motifs is 1. The molecule has 2 N–H and O–H groups in total. The second-order valence-electron chi connectivity index (χ2n) is 5.79. The highest BCUT2D eigenvalue weighted by molar-refractivity contribution is 7.22. The molecular formula is C18H19N3OS. The number of nitrogens with one attached hydrogen (secondary N) is 2. The van der Waals surface area contributed by atoms with Gasteiger partial charge in [-0.2, -0.15) is 0 Å². The van der Waals surface area contributed by atoms with Gasteiger partial charge >= 0.3 is 0 Å². The first kappa shape index (κ1) is 15.5. The summed E-state index contributed by atoms with van der Waals surface area (Å²) < 4.78 is 1.15. The Morgan fingerprint density at radius 2 is 1.70 bits per heavy atom. The van der Waals surface area contributed by atoms with Crippen LogP contribution in [-0.4, -0.2) is 10.9 Å². The fourth-order valence-electron chi connectivity index (χ4n) is 2.47. The van der Waals surface area contributed by atoms with Crippen molar-refractivity contribution in [1.29, 1.82) is 0 Å². The molecule has 118 valence electrons. The van der Waals surface area contributed by atoms with Crippen molar-refractivity contribution in [2.24, 2.45) is 0 Å². The van der Waals surface area contributed by atoms with Crippen molar-refractivity contribution in [2.75, 3.05) is 5.43 Å². The standard InChI is InChI=1S/C18H19N3OS/c1-10-5-6-11(2)14(9-10)17(22)20-21-18-19-15-12(3)7-8-13(4)16(15)23-18/h5-9H,1-4H3,(H,19,21)(H,20,22). The molecule has 0 aliphatic heterocycles. The fourth-order valence-corrected chi connectivity index (χ4v) is 3.44. The van der Waals surface area contributed by atoms with Gasteiger partial charge in [0.25, 0.3) is 5.91 Å². The van der Waals surface area contributed by atoms with Crippen molar-refractivity contribution in [2.45, 2.75) is 27.7 Å². The molecule has 1 aromatic heterocycles. The van der Waals surface area contributed by atoms with E-state index in [1.165, 1.54) is 5.56 Å². The Labute approximate surface area is 139 Å². The number of benzene rings is 2. The van der Waals surface area contributed by atoms with E-state index in [-0.39, 0.29) is 5.91 Å². The van der Waals surface area contributed by atoms with Gasteiger partial charge < -0.3 is 0 Å². The van der Waals surface area contributed by atoms with E-state index in [1.54, 1.807) is 11.3 Å². The highest BCUT2D eigenvalue weighted by Crippen LogP contribution is 2.30. The van der Waals surface area contributed by atoms with Crippen LogP contribution in [0.1, 0.15) is 32.6 Å². The largest absolute Gasteiger partial charge is 0.273 e. The van der Waals surface area contributed by atoms with Gasteiger partial charge in [-0.3, -0.25) is 15.6 Å². The number of nitrogens with zero attached hydrogens (tertiary/aromatic N) is 1. The zero-order valence-electron chi connectivity index (χ0n) is 13.7. The molecule has 4 nitrogen and oxygen atoms in total. The average molecular weight is 325 g/mol. The summed E-state index contributed by atoms with van der Waals surface area (Å²) in [6, 6.07) is 10.00. The summed E-state index contributed by atoms with van der Waals surface area (Å²) in [4.78, 5) is 16.9. The van der Waals surface area contributed by atoms with Gasteiger partial charge in [0.05, 0.1) is 10.2 Å². The van der Waals surface area contributed by atoms with E-state index in [9.17, 15) is 4.79 Å². The minimum atomic E-state index is -0.154. The van der Waals surface area contributed by atoms with Crippen molar-refractivity contribution in [3.8, 4) is 0 Å². The van der Waals surface area contributed by atoms with Crippen molar-refractivity contribution < 1.29 is 4.79 Å². The van der Waals surface area contributed by atoms with Crippen LogP contribution in [0.25, 0.3) is 10.2 Å². The van der Waals surface area contributed by atoms with E-state index >= 15 is 0 Å². The molecule has 0 bridgehead atoms. The Balaban J connectivity index is 1.81. The van der Waals surface area contributed by atoms with Gasteiger partial charge in [-0.05, 0) is 50.5 Å². The number of anilines is 1. The lowest BCUT2D eigenvalue weighted by Gasteiger charge is -2.08. The molecule has 0 unspecified atom stereocenters. The molecule has 0 aliphatic carbocycles. The maximum atomic E-state index is 12.3. The Bertz CT molecular complexity index is 860. The summed E-state index contributed by atoms with van der Waals surface area (Å²) in [6.07, 6.45) is 0. The number of aryl methyl sites for hydroxylation is 4. The van der Waals surface area contributed by atoms with Crippen LogP contribution in [0.2, 0.25) is 0 Å². The molecule has 0 atom stereocenters. The van der Waals surface area contributed by atoms with Crippen molar-refractivity contribution >= 4 is 32.6 Å². The van der Waals surface area contributed by atoms with E-state index in [1.807, 2.05) is 39.0 Å². The van der Waals surface area contributed by atoms with E-state index < -0.39 is 0 Å². The lowest BCUT2D eigenvalue weighted by molar-refractivity contribution is 0.0962. The van der Waals surface area contributed by atoms with Crippen molar-refractivity contribution in [1.82, 2.24) is 10.4 Å². The predicted octanol–water partition coefficient (Wildman–Crippen LogP) is 4.29. The number of carbonyl (C=O) groups excluding carboxylic acids is 1. The Kier molecular flexibility index (Phi) is 4.05. The third-order valence-electron chi connectivity index (χ3n) is 3.86. The van der Waals surface area contributed by atoms with Crippen LogP contribution in [0, 0.1) is 27.7 Å².